The van der Waals surface area contributed by atoms with Crippen molar-refractivity contribution in [3.8, 4) is 0 Å². The lowest BCUT2D eigenvalue weighted by molar-refractivity contribution is 0.237. The fourth-order valence-corrected chi connectivity index (χ4v) is 2.43. The number of aliphatic hydroxyl groups excluding tert-OH is 1. The van der Waals surface area contributed by atoms with Gasteiger partial charge in [0.25, 0.3) is 0 Å². The number of benzene rings is 1. The first kappa shape index (κ1) is 11.5. The van der Waals surface area contributed by atoms with Crippen molar-refractivity contribution in [3.05, 3.63) is 29.3 Å². The fourth-order valence-electron chi connectivity index (χ4n) is 2.43. The maximum Gasteiger partial charge on any atom is 0.0502 e. The van der Waals surface area contributed by atoms with Crippen molar-refractivity contribution in [3.63, 3.8) is 0 Å². The summed E-state index contributed by atoms with van der Waals surface area (Å²) in [6.07, 6.45) is 2.37. The van der Waals surface area contributed by atoms with Gasteiger partial charge in [-0.25, -0.2) is 0 Å². The largest absolute Gasteiger partial charge is 0.396 e. The average molecular weight is 219 g/mol. The van der Waals surface area contributed by atoms with Crippen LogP contribution in [0.4, 0.5) is 5.69 Å². The number of rotatable bonds is 3. The normalized spacial score (nSPS) is 16.8. The smallest absolute Gasteiger partial charge is 0.0502 e. The van der Waals surface area contributed by atoms with Gasteiger partial charge >= 0.3 is 0 Å². The highest BCUT2D eigenvalue weighted by molar-refractivity contribution is 5.54. The summed E-state index contributed by atoms with van der Waals surface area (Å²) in [5.41, 5.74) is 3.96. The Morgan fingerprint density at radius 2 is 2.19 bits per heavy atom. The first-order valence-electron chi connectivity index (χ1n) is 6.20. The van der Waals surface area contributed by atoms with Crippen LogP contribution in [-0.2, 0) is 6.42 Å². The minimum absolute atomic E-state index is 0.240. The van der Waals surface area contributed by atoms with E-state index in [0.29, 0.717) is 5.92 Å². The molecule has 0 fully saturated rings. The molecule has 1 atom stereocenters. The van der Waals surface area contributed by atoms with Crippen molar-refractivity contribution in [1.82, 2.24) is 0 Å². The van der Waals surface area contributed by atoms with E-state index in [2.05, 4.69) is 37.4 Å². The van der Waals surface area contributed by atoms with E-state index in [9.17, 15) is 5.11 Å². The number of nitrogens with one attached hydrogen (secondary N) is 1. The van der Waals surface area contributed by atoms with E-state index in [1.165, 1.54) is 23.2 Å². The van der Waals surface area contributed by atoms with Gasteiger partial charge in [0.05, 0.1) is 6.61 Å². The van der Waals surface area contributed by atoms with Gasteiger partial charge in [0, 0.05) is 18.2 Å². The molecule has 0 spiro atoms. The van der Waals surface area contributed by atoms with Crippen LogP contribution in [0.2, 0.25) is 0 Å². The van der Waals surface area contributed by atoms with Crippen LogP contribution in [-0.4, -0.2) is 18.3 Å². The molecular formula is C14H21NO. The summed E-state index contributed by atoms with van der Waals surface area (Å²) in [5, 5.41) is 12.9. The van der Waals surface area contributed by atoms with E-state index in [4.69, 9.17) is 0 Å². The molecule has 0 aromatic heterocycles. The molecule has 16 heavy (non-hydrogen) atoms. The molecule has 0 bridgehead atoms. The first-order valence-corrected chi connectivity index (χ1v) is 6.20. The highest BCUT2D eigenvalue weighted by Gasteiger charge is 2.17. The lowest BCUT2D eigenvalue weighted by Gasteiger charge is -2.23. The molecule has 1 heterocycles. The van der Waals surface area contributed by atoms with E-state index in [-0.39, 0.29) is 12.5 Å². The second-order valence-corrected chi connectivity index (χ2v) is 4.98. The molecule has 2 N–H and O–H groups in total. The first-order chi connectivity index (χ1) is 7.72. The molecule has 1 unspecified atom stereocenters. The van der Waals surface area contributed by atoms with Crippen LogP contribution in [0.1, 0.15) is 37.3 Å². The summed E-state index contributed by atoms with van der Waals surface area (Å²) in [6.45, 7) is 5.65. The topological polar surface area (TPSA) is 32.3 Å². The Bertz CT molecular complexity index is 360. The molecule has 1 aromatic rings. The second-order valence-electron chi connectivity index (χ2n) is 4.98. The summed E-state index contributed by atoms with van der Waals surface area (Å²) in [4.78, 5) is 0. The molecule has 1 aliphatic rings. The second kappa shape index (κ2) is 4.88. The SMILES string of the molecule is CC(C)C(CO)c1ccc2c(c1)CCCN2. The molecule has 1 aliphatic heterocycles. The predicted octanol–water partition coefficient (Wildman–Crippen LogP) is 2.78. The van der Waals surface area contributed by atoms with Crippen molar-refractivity contribution in [2.24, 2.45) is 5.92 Å². The molecule has 0 saturated carbocycles. The zero-order valence-corrected chi connectivity index (χ0v) is 10.2. The highest BCUT2D eigenvalue weighted by Crippen LogP contribution is 2.29. The van der Waals surface area contributed by atoms with Gasteiger partial charge in [-0.15, -0.1) is 0 Å². The van der Waals surface area contributed by atoms with Crippen LogP contribution in [0, 0.1) is 5.92 Å². The average Bonchev–Trinajstić information content (AvgIpc) is 2.29. The minimum atomic E-state index is 0.240. The molecule has 2 rings (SSSR count). The molecule has 2 heteroatoms. The van der Waals surface area contributed by atoms with Crippen LogP contribution in [0.15, 0.2) is 18.2 Å². The van der Waals surface area contributed by atoms with Gasteiger partial charge < -0.3 is 10.4 Å². The zero-order chi connectivity index (χ0) is 11.5. The van der Waals surface area contributed by atoms with E-state index in [0.717, 1.165) is 13.0 Å². The predicted molar refractivity (Wildman–Crippen MR) is 67.9 cm³/mol. The van der Waals surface area contributed by atoms with Gasteiger partial charge in [-0.05, 0) is 36.0 Å². The Balaban J connectivity index is 2.28. The molecular weight excluding hydrogens is 198 g/mol. The van der Waals surface area contributed by atoms with Crippen molar-refractivity contribution in [2.75, 3.05) is 18.5 Å². The van der Waals surface area contributed by atoms with Crippen LogP contribution in [0.25, 0.3) is 0 Å². The van der Waals surface area contributed by atoms with E-state index >= 15 is 0 Å². The van der Waals surface area contributed by atoms with Crippen LogP contribution >= 0.6 is 0 Å². The molecule has 0 radical (unpaired) electrons. The van der Waals surface area contributed by atoms with Gasteiger partial charge in [-0.2, -0.15) is 0 Å². The van der Waals surface area contributed by atoms with Gasteiger partial charge in [0.15, 0.2) is 0 Å². The zero-order valence-electron chi connectivity index (χ0n) is 10.2. The monoisotopic (exact) mass is 219 g/mol. The van der Waals surface area contributed by atoms with Gasteiger partial charge in [0.2, 0.25) is 0 Å². The summed E-state index contributed by atoms with van der Waals surface area (Å²) in [5.74, 6) is 0.756. The molecule has 1 aromatic carbocycles. The maximum absolute atomic E-state index is 9.44. The number of fused-ring (bicyclic) bond motifs is 1. The summed E-state index contributed by atoms with van der Waals surface area (Å²) >= 11 is 0. The van der Waals surface area contributed by atoms with Crippen LogP contribution in [0.5, 0.6) is 0 Å². The number of aryl methyl sites for hydroxylation is 1. The third kappa shape index (κ3) is 2.22. The Kier molecular flexibility index (Phi) is 3.49. The maximum atomic E-state index is 9.44. The number of hydrogen-bond donors (Lipinski definition) is 2. The lowest BCUT2D eigenvalue weighted by Crippen LogP contribution is -2.15. The summed E-state index contributed by atoms with van der Waals surface area (Å²) in [7, 11) is 0. The molecule has 0 saturated heterocycles. The standard InChI is InChI=1S/C14H21NO/c1-10(2)13(9-16)11-5-6-14-12(8-11)4-3-7-15-14/h5-6,8,10,13,15-16H,3-4,7,9H2,1-2H3. The number of anilines is 1. The van der Waals surface area contributed by atoms with Crippen molar-refractivity contribution < 1.29 is 5.11 Å². The van der Waals surface area contributed by atoms with E-state index in [1.54, 1.807) is 0 Å². The van der Waals surface area contributed by atoms with Crippen LogP contribution < -0.4 is 5.32 Å². The number of aliphatic hydroxyl groups is 1. The fraction of sp³-hybridized carbons (Fsp3) is 0.571. The Morgan fingerprint density at radius 3 is 2.88 bits per heavy atom. The Morgan fingerprint density at radius 1 is 1.38 bits per heavy atom. The summed E-state index contributed by atoms with van der Waals surface area (Å²) < 4.78 is 0. The molecule has 0 aliphatic carbocycles. The van der Waals surface area contributed by atoms with Crippen molar-refractivity contribution in [1.29, 1.82) is 0 Å². The molecule has 88 valence electrons. The van der Waals surface area contributed by atoms with Crippen molar-refractivity contribution >= 4 is 5.69 Å². The molecule has 0 amide bonds. The van der Waals surface area contributed by atoms with Gasteiger partial charge in [0.1, 0.15) is 0 Å². The Hall–Kier alpha value is -1.02. The van der Waals surface area contributed by atoms with Gasteiger partial charge in [-0.1, -0.05) is 26.0 Å². The number of hydrogen-bond acceptors (Lipinski definition) is 2. The lowest BCUT2D eigenvalue weighted by atomic mass is 9.87. The molecule has 2 nitrogen and oxygen atoms in total. The summed E-state index contributed by atoms with van der Waals surface area (Å²) in [6, 6.07) is 6.58. The highest BCUT2D eigenvalue weighted by atomic mass is 16.3. The van der Waals surface area contributed by atoms with E-state index < -0.39 is 0 Å². The quantitative estimate of drug-likeness (QED) is 0.819. The van der Waals surface area contributed by atoms with Gasteiger partial charge in [-0.3, -0.25) is 0 Å². The minimum Gasteiger partial charge on any atom is -0.396 e. The Labute approximate surface area is 97.7 Å². The van der Waals surface area contributed by atoms with Crippen molar-refractivity contribution in [2.45, 2.75) is 32.6 Å². The van der Waals surface area contributed by atoms with Crippen LogP contribution in [0.3, 0.4) is 0 Å². The third-order valence-electron chi connectivity index (χ3n) is 3.50. The van der Waals surface area contributed by atoms with E-state index in [1.807, 2.05) is 0 Å². The third-order valence-corrected chi connectivity index (χ3v) is 3.50.